The number of quaternary nitrogens is 2. The van der Waals surface area contributed by atoms with Gasteiger partial charge >= 0.3 is 0 Å². The molecule has 446 valence electrons. The molecule has 0 aromatic heterocycles. The van der Waals surface area contributed by atoms with Crippen LogP contribution in [0, 0.1) is 0 Å². The largest absolute Gasteiger partial charge is 0.550 e. The Morgan fingerprint density at radius 1 is 0.203 bits per heavy atom. The van der Waals surface area contributed by atoms with E-state index in [4.69, 9.17) is 0 Å². The van der Waals surface area contributed by atoms with E-state index in [9.17, 15) is 19.8 Å². The van der Waals surface area contributed by atoms with Gasteiger partial charge in [0.25, 0.3) is 0 Å². The van der Waals surface area contributed by atoms with E-state index in [1.165, 1.54) is 386 Å². The minimum atomic E-state index is -1.37. The zero-order valence-corrected chi connectivity index (χ0v) is 51.6. The SMILES string of the molecule is CCCCCCCCCCCCCCCCCC[NH2+]CCCCCCCCCCCCCC.CCCCCCCCCCCCCCCCCC[NH2+]CCCCCCCCCCCCCC.O=C([O-])CCC(=O)[O-]. The first kappa shape index (κ1) is 77.1. The molecule has 0 bridgehead atoms. The van der Waals surface area contributed by atoms with Crippen LogP contribution in [0.5, 0.6) is 0 Å². The van der Waals surface area contributed by atoms with Crippen molar-refractivity contribution in [3.8, 4) is 0 Å². The van der Waals surface area contributed by atoms with Crippen molar-refractivity contribution in [2.75, 3.05) is 26.2 Å². The number of carbonyl (C=O) groups excluding carboxylic acids is 2. The fourth-order valence-corrected chi connectivity index (χ4v) is 10.4. The number of hydrogen-bond acceptors (Lipinski definition) is 4. The molecule has 0 atom stereocenters. The van der Waals surface area contributed by atoms with Crippen molar-refractivity contribution in [1.82, 2.24) is 0 Å². The molecule has 0 aliphatic heterocycles. The molecule has 0 fully saturated rings. The Morgan fingerprint density at radius 2 is 0.311 bits per heavy atom. The second kappa shape index (κ2) is 76.1. The Kier molecular flexibility index (Phi) is 79.3. The van der Waals surface area contributed by atoms with E-state index in [1.807, 2.05) is 0 Å². The van der Waals surface area contributed by atoms with Crippen LogP contribution in [0.4, 0.5) is 0 Å². The lowest BCUT2D eigenvalue weighted by atomic mass is 10.0. The Labute approximate surface area is 466 Å². The van der Waals surface area contributed by atoms with Gasteiger partial charge in [0.2, 0.25) is 0 Å². The highest BCUT2D eigenvalue weighted by atomic mass is 16.4. The van der Waals surface area contributed by atoms with Crippen molar-refractivity contribution < 1.29 is 30.4 Å². The molecule has 0 aliphatic rings. The molecule has 0 amide bonds. The summed E-state index contributed by atoms with van der Waals surface area (Å²) >= 11 is 0. The maximum absolute atomic E-state index is 9.50. The van der Waals surface area contributed by atoms with Crippen LogP contribution in [0.3, 0.4) is 0 Å². The van der Waals surface area contributed by atoms with Gasteiger partial charge < -0.3 is 30.4 Å². The molecule has 0 unspecified atom stereocenters. The summed E-state index contributed by atoms with van der Waals surface area (Å²) in [6.45, 7) is 14.7. The standard InChI is InChI=1S/2C32H67N.C4H6O4/c2*1-3-5-7-9-11-13-15-17-18-19-20-22-24-26-28-30-32-33-31-29-27-25-23-21-16-14-12-10-8-6-4-2;5-3(6)1-2-4(7)8/h2*33H,3-32H2,1-2H3;1-2H2,(H,5,6)(H,7,8). The summed E-state index contributed by atoms with van der Waals surface area (Å²) in [5.74, 6) is -2.73. The minimum Gasteiger partial charge on any atom is -0.550 e. The van der Waals surface area contributed by atoms with Gasteiger partial charge in [-0.1, -0.05) is 336 Å². The molecule has 74 heavy (non-hydrogen) atoms. The molecule has 0 rings (SSSR count). The fraction of sp³-hybridized carbons (Fsp3) is 0.971. The van der Waals surface area contributed by atoms with E-state index < -0.39 is 24.8 Å². The third-order valence-corrected chi connectivity index (χ3v) is 15.6. The quantitative estimate of drug-likeness (QED) is 0.0591. The maximum atomic E-state index is 9.50. The first-order valence-electron chi connectivity index (χ1n) is 34.5. The second-order valence-electron chi connectivity index (χ2n) is 23.4. The molecule has 0 spiro atoms. The number of carboxylic acid groups (broad SMARTS) is 2. The average molecular weight is 1050 g/mol. The lowest BCUT2D eigenvalue weighted by Crippen LogP contribution is -2.84. The van der Waals surface area contributed by atoms with Gasteiger partial charge in [0.15, 0.2) is 0 Å². The van der Waals surface area contributed by atoms with Crippen LogP contribution in [-0.4, -0.2) is 38.1 Å². The summed E-state index contributed by atoms with van der Waals surface area (Å²) in [7, 11) is 0. The monoisotopic (exact) mass is 1050 g/mol. The van der Waals surface area contributed by atoms with Crippen LogP contribution in [-0.2, 0) is 9.59 Å². The van der Waals surface area contributed by atoms with Gasteiger partial charge in [-0.25, -0.2) is 0 Å². The molecule has 0 aliphatic carbocycles. The molecule has 0 aromatic carbocycles. The van der Waals surface area contributed by atoms with Crippen LogP contribution in [0.1, 0.15) is 400 Å². The fourth-order valence-electron chi connectivity index (χ4n) is 10.4. The highest BCUT2D eigenvalue weighted by Crippen LogP contribution is 2.17. The van der Waals surface area contributed by atoms with Crippen molar-refractivity contribution in [3.05, 3.63) is 0 Å². The Hall–Kier alpha value is -1.14. The van der Waals surface area contributed by atoms with Gasteiger partial charge in [0.1, 0.15) is 0 Å². The number of nitrogens with two attached hydrogens (primary N) is 2. The topological polar surface area (TPSA) is 113 Å². The van der Waals surface area contributed by atoms with Crippen LogP contribution in [0.2, 0.25) is 0 Å². The minimum absolute atomic E-state index is 0.470. The molecule has 6 heteroatoms. The molecule has 6 nitrogen and oxygen atoms in total. The van der Waals surface area contributed by atoms with Crippen LogP contribution < -0.4 is 20.8 Å². The van der Waals surface area contributed by atoms with E-state index in [0.717, 1.165) is 0 Å². The zero-order chi connectivity index (χ0) is 54.4. The maximum Gasteiger partial charge on any atom is 0.0755 e. The van der Waals surface area contributed by atoms with Crippen molar-refractivity contribution in [1.29, 1.82) is 0 Å². The number of unbranched alkanes of at least 4 members (excludes halogenated alkanes) is 52. The first-order valence-corrected chi connectivity index (χ1v) is 34.5. The number of carbonyl (C=O) groups is 2. The normalized spacial score (nSPS) is 11.1. The van der Waals surface area contributed by atoms with Crippen molar-refractivity contribution >= 4 is 11.9 Å². The lowest BCUT2D eigenvalue weighted by molar-refractivity contribution is -0.655. The van der Waals surface area contributed by atoms with Crippen molar-refractivity contribution in [2.24, 2.45) is 0 Å². The molecular weight excluding hydrogens is 909 g/mol. The lowest BCUT2D eigenvalue weighted by Gasteiger charge is -2.04. The highest BCUT2D eigenvalue weighted by molar-refractivity contribution is 5.72. The Balaban J connectivity index is -0.00000118. The summed E-state index contributed by atoms with van der Waals surface area (Å²) in [5, 5.41) is 24.2. The Morgan fingerprint density at radius 3 is 0.419 bits per heavy atom. The summed E-state index contributed by atoms with van der Waals surface area (Å²) in [4.78, 5) is 19.0. The number of hydrogen-bond donors (Lipinski definition) is 2. The van der Waals surface area contributed by atoms with Gasteiger partial charge in [-0.2, -0.15) is 0 Å². The average Bonchev–Trinajstić information content (AvgIpc) is 3.39. The zero-order valence-electron chi connectivity index (χ0n) is 51.6. The van der Waals surface area contributed by atoms with E-state index in [1.54, 1.807) is 0 Å². The molecule has 4 N–H and O–H groups in total. The number of aliphatic carboxylic acids is 2. The van der Waals surface area contributed by atoms with Gasteiger partial charge in [-0.05, 0) is 64.2 Å². The van der Waals surface area contributed by atoms with Crippen LogP contribution in [0.25, 0.3) is 0 Å². The van der Waals surface area contributed by atoms with E-state index in [-0.39, 0.29) is 0 Å². The molecule has 0 saturated heterocycles. The molecule has 0 radical (unpaired) electrons. The summed E-state index contributed by atoms with van der Waals surface area (Å²) in [6, 6.07) is 0. The van der Waals surface area contributed by atoms with Crippen LogP contribution >= 0.6 is 0 Å². The van der Waals surface area contributed by atoms with E-state index >= 15 is 0 Å². The number of rotatable bonds is 63. The van der Waals surface area contributed by atoms with E-state index in [0.29, 0.717) is 0 Å². The Bertz CT molecular complexity index is 841. The molecule has 0 heterocycles. The van der Waals surface area contributed by atoms with E-state index in [2.05, 4.69) is 38.3 Å². The first-order chi connectivity index (χ1) is 36.5. The van der Waals surface area contributed by atoms with Crippen molar-refractivity contribution in [3.63, 3.8) is 0 Å². The van der Waals surface area contributed by atoms with Gasteiger partial charge in [-0.15, -0.1) is 0 Å². The summed E-state index contributed by atoms with van der Waals surface area (Å²) < 4.78 is 0. The van der Waals surface area contributed by atoms with Crippen molar-refractivity contribution in [2.45, 2.75) is 400 Å². The summed E-state index contributed by atoms with van der Waals surface area (Å²) in [5.41, 5.74) is 0. The van der Waals surface area contributed by atoms with Gasteiger partial charge in [-0.3, -0.25) is 0 Å². The molecule has 0 saturated carbocycles. The second-order valence-corrected chi connectivity index (χ2v) is 23.4. The highest BCUT2D eigenvalue weighted by Gasteiger charge is 2.00. The smallest absolute Gasteiger partial charge is 0.0755 e. The third kappa shape index (κ3) is 84.8. The van der Waals surface area contributed by atoms with Crippen LogP contribution in [0.15, 0.2) is 0 Å². The molecular formula is C68H140N2O4. The van der Waals surface area contributed by atoms with Gasteiger partial charge in [0, 0.05) is 11.9 Å². The predicted octanol–water partition coefficient (Wildman–Crippen LogP) is 18.3. The third-order valence-electron chi connectivity index (χ3n) is 15.6. The van der Waals surface area contributed by atoms with Gasteiger partial charge in [0.05, 0.1) is 26.2 Å². The molecule has 0 aromatic rings. The number of carboxylic acids is 2. The summed E-state index contributed by atoms with van der Waals surface area (Å²) in [6.07, 6.45) is 81.2. The predicted molar refractivity (Wildman–Crippen MR) is 324 cm³/mol.